The molecule has 1 heterocycles. The topological polar surface area (TPSA) is 64.7 Å². The number of nitrogens with two attached hydrogens (primary N) is 1. The monoisotopic (exact) mass is 220 g/mol. The van der Waals surface area contributed by atoms with Gasteiger partial charge in [0.2, 0.25) is 5.95 Å². The van der Waals surface area contributed by atoms with E-state index >= 15 is 0 Å². The molecule has 88 valence electrons. The Morgan fingerprint density at radius 3 is 2.38 bits per heavy atom. The molecule has 1 aliphatic rings. The van der Waals surface area contributed by atoms with Gasteiger partial charge in [0.15, 0.2) is 0 Å². The molecular weight excluding hydrogens is 200 g/mol. The van der Waals surface area contributed by atoms with E-state index in [1.54, 1.807) is 0 Å². The standard InChI is InChI=1S/C12H20N4/c1-2-10-14-11(16-12(13)15-10)9-7-5-3-4-6-8-9/h9H,2-8H2,1H3,(H2,13,14,15,16). The molecule has 1 aliphatic carbocycles. The summed E-state index contributed by atoms with van der Waals surface area (Å²) in [5.74, 6) is 2.63. The van der Waals surface area contributed by atoms with E-state index in [2.05, 4.69) is 15.0 Å². The van der Waals surface area contributed by atoms with Crippen molar-refractivity contribution in [1.29, 1.82) is 0 Å². The second kappa shape index (κ2) is 5.23. The highest BCUT2D eigenvalue weighted by atomic mass is 15.1. The van der Waals surface area contributed by atoms with Crippen molar-refractivity contribution in [2.24, 2.45) is 0 Å². The lowest BCUT2D eigenvalue weighted by Crippen LogP contribution is -2.10. The predicted molar refractivity (Wildman–Crippen MR) is 64.1 cm³/mol. The van der Waals surface area contributed by atoms with Gasteiger partial charge in [0, 0.05) is 12.3 Å². The highest BCUT2D eigenvalue weighted by Gasteiger charge is 2.18. The third kappa shape index (κ3) is 2.68. The van der Waals surface area contributed by atoms with Crippen LogP contribution in [0.15, 0.2) is 0 Å². The fraction of sp³-hybridized carbons (Fsp3) is 0.750. The molecule has 2 N–H and O–H groups in total. The average molecular weight is 220 g/mol. The summed E-state index contributed by atoms with van der Waals surface area (Å²) in [5, 5.41) is 0. The average Bonchev–Trinajstić information content (AvgIpc) is 2.56. The Morgan fingerprint density at radius 1 is 1.06 bits per heavy atom. The SMILES string of the molecule is CCc1nc(N)nc(C2CCCCCC2)n1. The third-order valence-corrected chi connectivity index (χ3v) is 3.25. The summed E-state index contributed by atoms with van der Waals surface area (Å²) in [6.07, 6.45) is 8.50. The normalized spacial score (nSPS) is 18.3. The molecule has 1 saturated carbocycles. The van der Waals surface area contributed by atoms with Crippen LogP contribution in [0.1, 0.15) is 63.0 Å². The zero-order chi connectivity index (χ0) is 11.4. The van der Waals surface area contributed by atoms with Gasteiger partial charge < -0.3 is 5.73 Å². The highest BCUT2D eigenvalue weighted by molar-refractivity contribution is 5.17. The van der Waals surface area contributed by atoms with Gasteiger partial charge in [-0.25, -0.2) is 4.98 Å². The second-order valence-electron chi connectivity index (χ2n) is 4.51. The second-order valence-corrected chi connectivity index (χ2v) is 4.51. The molecule has 4 nitrogen and oxygen atoms in total. The quantitative estimate of drug-likeness (QED) is 0.777. The first-order valence-electron chi connectivity index (χ1n) is 6.30. The zero-order valence-corrected chi connectivity index (χ0v) is 9.95. The molecule has 0 unspecified atom stereocenters. The largest absolute Gasteiger partial charge is 0.368 e. The number of hydrogen-bond donors (Lipinski definition) is 1. The number of rotatable bonds is 2. The molecule has 0 amide bonds. The number of nitrogen functional groups attached to an aromatic ring is 1. The smallest absolute Gasteiger partial charge is 0.223 e. The van der Waals surface area contributed by atoms with Crippen molar-refractivity contribution in [3.63, 3.8) is 0 Å². The van der Waals surface area contributed by atoms with E-state index in [9.17, 15) is 0 Å². The zero-order valence-electron chi connectivity index (χ0n) is 9.95. The molecule has 0 atom stereocenters. The lowest BCUT2D eigenvalue weighted by atomic mass is 9.99. The molecule has 0 saturated heterocycles. The molecule has 0 spiro atoms. The Balaban J connectivity index is 2.20. The minimum absolute atomic E-state index is 0.381. The van der Waals surface area contributed by atoms with Crippen LogP contribution in [0.5, 0.6) is 0 Å². The lowest BCUT2D eigenvalue weighted by Gasteiger charge is -2.13. The third-order valence-electron chi connectivity index (χ3n) is 3.25. The van der Waals surface area contributed by atoms with Crippen molar-refractivity contribution in [1.82, 2.24) is 15.0 Å². The van der Waals surface area contributed by atoms with Crippen LogP contribution < -0.4 is 5.73 Å². The van der Waals surface area contributed by atoms with Crippen LogP contribution in [0.4, 0.5) is 5.95 Å². The van der Waals surface area contributed by atoms with Gasteiger partial charge in [-0.05, 0) is 12.8 Å². The van der Waals surface area contributed by atoms with E-state index in [4.69, 9.17) is 5.73 Å². The Kier molecular flexibility index (Phi) is 3.70. The van der Waals surface area contributed by atoms with E-state index in [1.165, 1.54) is 38.5 Å². The Labute approximate surface area is 96.7 Å². The summed E-state index contributed by atoms with van der Waals surface area (Å²) in [5.41, 5.74) is 5.72. The van der Waals surface area contributed by atoms with Crippen LogP contribution >= 0.6 is 0 Å². The van der Waals surface area contributed by atoms with E-state index in [0.29, 0.717) is 11.9 Å². The van der Waals surface area contributed by atoms with Crippen molar-refractivity contribution < 1.29 is 0 Å². The number of nitrogens with zero attached hydrogens (tertiary/aromatic N) is 3. The number of aromatic nitrogens is 3. The van der Waals surface area contributed by atoms with Crippen molar-refractivity contribution >= 4 is 5.95 Å². The first kappa shape index (κ1) is 11.3. The van der Waals surface area contributed by atoms with Crippen LogP contribution in [0.3, 0.4) is 0 Å². The maximum Gasteiger partial charge on any atom is 0.223 e. The van der Waals surface area contributed by atoms with E-state index in [0.717, 1.165) is 18.1 Å². The number of aryl methyl sites for hydroxylation is 1. The molecule has 0 aliphatic heterocycles. The minimum atomic E-state index is 0.381. The summed E-state index contributed by atoms with van der Waals surface area (Å²) in [7, 11) is 0. The number of hydrogen-bond acceptors (Lipinski definition) is 4. The Bertz CT molecular complexity index is 343. The first-order valence-corrected chi connectivity index (χ1v) is 6.30. The summed E-state index contributed by atoms with van der Waals surface area (Å²) >= 11 is 0. The van der Waals surface area contributed by atoms with Crippen molar-refractivity contribution in [3.8, 4) is 0 Å². The highest BCUT2D eigenvalue weighted by Crippen LogP contribution is 2.29. The summed E-state index contributed by atoms with van der Waals surface area (Å²) in [6.45, 7) is 2.05. The van der Waals surface area contributed by atoms with Crippen molar-refractivity contribution in [3.05, 3.63) is 11.6 Å². The van der Waals surface area contributed by atoms with Gasteiger partial charge in [-0.2, -0.15) is 9.97 Å². The maximum atomic E-state index is 5.72. The predicted octanol–water partition coefficient (Wildman–Crippen LogP) is 2.45. The molecule has 4 heteroatoms. The van der Waals surface area contributed by atoms with Gasteiger partial charge in [0.05, 0.1) is 0 Å². The molecule has 0 radical (unpaired) electrons. The summed E-state index contributed by atoms with van der Waals surface area (Å²) in [4.78, 5) is 12.9. The van der Waals surface area contributed by atoms with Crippen molar-refractivity contribution in [2.75, 3.05) is 5.73 Å². The summed E-state index contributed by atoms with van der Waals surface area (Å²) in [6, 6.07) is 0. The van der Waals surface area contributed by atoms with Gasteiger partial charge in [0.1, 0.15) is 11.6 Å². The Hall–Kier alpha value is -1.19. The molecule has 16 heavy (non-hydrogen) atoms. The number of anilines is 1. The molecule has 1 fully saturated rings. The van der Waals surface area contributed by atoms with Gasteiger partial charge in [-0.1, -0.05) is 32.6 Å². The van der Waals surface area contributed by atoms with Crippen LogP contribution in [-0.2, 0) is 6.42 Å². The van der Waals surface area contributed by atoms with Gasteiger partial charge in [-0.3, -0.25) is 0 Å². The van der Waals surface area contributed by atoms with Gasteiger partial charge >= 0.3 is 0 Å². The molecule has 0 bridgehead atoms. The first-order chi connectivity index (χ1) is 7.79. The van der Waals surface area contributed by atoms with Crippen LogP contribution in [0.25, 0.3) is 0 Å². The molecule has 0 aromatic carbocycles. The van der Waals surface area contributed by atoms with E-state index < -0.39 is 0 Å². The fourth-order valence-corrected chi connectivity index (χ4v) is 2.34. The lowest BCUT2D eigenvalue weighted by molar-refractivity contribution is 0.554. The van der Waals surface area contributed by atoms with Gasteiger partial charge in [0.25, 0.3) is 0 Å². The van der Waals surface area contributed by atoms with Gasteiger partial charge in [-0.15, -0.1) is 0 Å². The van der Waals surface area contributed by atoms with E-state index in [1.807, 2.05) is 6.92 Å². The molecule has 2 rings (SSSR count). The fourth-order valence-electron chi connectivity index (χ4n) is 2.34. The Morgan fingerprint density at radius 2 is 1.75 bits per heavy atom. The molecule has 1 aromatic heterocycles. The van der Waals surface area contributed by atoms with Crippen LogP contribution in [0.2, 0.25) is 0 Å². The molecule has 1 aromatic rings. The van der Waals surface area contributed by atoms with Crippen LogP contribution in [-0.4, -0.2) is 15.0 Å². The van der Waals surface area contributed by atoms with E-state index in [-0.39, 0.29) is 0 Å². The van der Waals surface area contributed by atoms with Crippen LogP contribution in [0, 0.1) is 0 Å². The molecular formula is C12H20N4. The summed E-state index contributed by atoms with van der Waals surface area (Å²) < 4.78 is 0. The minimum Gasteiger partial charge on any atom is -0.368 e. The maximum absolute atomic E-state index is 5.72. The van der Waals surface area contributed by atoms with Crippen molar-refractivity contribution in [2.45, 2.75) is 57.8 Å².